The van der Waals surface area contributed by atoms with E-state index in [4.69, 9.17) is 5.73 Å². The minimum absolute atomic E-state index is 0.212. The van der Waals surface area contributed by atoms with Crippen LogP contribution in [-0.2, 0) is 4.79 Å². The number of amides is 1. The maximum atomic E-state index is 14.4. The Morgan fingerprint density at radius 1 is 1.15 bits per heavy atom. The largest absolute Gasteiger partial charge is 0.399 e. The van der Waals surface area contributed by atoms with Gasteiger partial charge in [0.15, 0.2) is 0 Å². The third-order valence-corrected chi connectivity index (χ3v) is 6.54. The first-order valence-corrected chi connectivity index (χ1v) is 9.78. The molecular formula is C20H28FN3O2. The number of carbonyl (C=O) groups is 1. The van der Waals surface area contributed by atoms with E-state index in [2.05, 4.69) is 4.90 Å². The van der Waals surface area contributed by atoms with Crippen molar-refractivity contribution >= 4 is 17.3 Å². The van der Waals surface area contributed by atoms with Crippen molar-refractivity contribution in [1.82, 2.24) is 4.90 Å². The maximum Gasteiger partial charge on any atom is 0.230 e. The first-order valence-electron chi connectivity index (χ1n) is 9.78. The zero-order chi connectivity index (χ0) is 18.3. The number of hydrogen-bond donors (Lipinski definition) is 2. The Hall–Kier alpha value is -1.82. The first kappa shape index (κ1) is 17.6. The van der Waals surface area contributed by atoms with Crippen LogP contribution < -0.4 is 10.6 Å². The van der Waals surface area contributed by atoms with Gasteiger partial charge in [-0.2, -0.15) is 0 Å². The summed E-state index contributed by atoms with van der Waals surface area (Å²) in [6, 6.07) is 5.06. The van der Waals surface area contributed by atoms with Gasteiger partial charge in [-0.15, -0.1) is 0 Å². The van der Waals surface area contributed by atoms with Crippen molar-refractivity contribution in [3.8, 4) is 0 Å². The molecule has 4 rings (SSSR count). The van der Waals surface area contributed by atoms with Gasteiger partial charge in [0, 0.05) is 31.4 Å². The molecule has 2 aliphatic heterocycles. The molecule has 0 aromatic heterocycles. The number of benzene rings is 1. The van der Waals surface area contributed by atoms with Gasteiger partial charge in [-0.3, -0.25) is 4.79 Å². The summed E-state index contributed by atoms with van der Waals surface area (Å²) in [6.45, 7) is 2.14. The smallest absolute Gasteiger partial charge is 0.230 e. The number of carbonyl (C=O) groups excluding carboxylic acids is 1. The third kappa shape index (κ3) is 3.04. The van der Waals surface area contributed by atoms with Crippen LogP contribution in [0.25, 0.3) is 0 Å². The molecular weight excluding hydrogens is 333 g/mol. The molecule has 2 saturated heterocycles. The summed E-state index contributed by atoms with van der Waals surface area (Å²) in [5.41, 5.74) is 6.25. The number of likely N-dealkylation sites (tertiary alicyclic amines) is 1. The Bertz CT molecular complexity index is 690. The Balaban J connectivity index is 1.50. The topological polar surface area (TPSA) is 69.8 Å². The molecule has 1 aliphatic carbocycles. The number of aliphatic hydroxyl groups excluding tert-OH is 1. The molecule has 3 N–H and O–H groups in total. The van der Waals surface area contributed by atoms with Gasteiger partial charge in [-0.25, -0.2) is 4.39 Å². The van der Waals surface area contributed by atoms with Crippen LogP contribution in [-0.4, -0.2) is 47.7 Å². The van der Waals surface area contributed by atoms with Crippen LogP contribution in [0.15, 0.2) is 18.2 Å². The molecule has 0 unspecified atom stereocenters. The number of piperidine rings is 1. The normalized spacial score (nSPS) is 32.5. The molecule has 1 aromatic rings. The van der Waals surface area contributed by atoms with Crippen molar-refractivity contribution in [3.63, 3.8) is 0 Å². The lowest BCUT2D eigenvalue weighted by atomic mass is 9.78. The van der Waals surface area contributed by atoms with Gasteiger partial charge in [0.25, 0.3) is 0 Å². The van der Waals surface area contributed by atoms with Crippen molar-refractivity contribution in [3.05, 3.63) is 24.0 Å². The molecule has 1 spiro atoms. The number of hydrogen-bond acceptors (Lipinski definition) is 4. The highest BCUT2D eigenvalue weighted by Gasteiger charge is 2.50. The monoisotopic (exact) mass is 361 g/mol. The highest BCUT2D eigenvalue weighted by atomic mass is 19.1. The van der Waals surface area contributed by atoms with Gasteiger partial charge < -0.3 is 20.6 Å². The van der Waals surface area contributed by atoms with Crippen LogP contribution in [0.2, 0.25) is 0 Å². The Morgan fingerprint density at radius 2 is 1.92 bits per heavy atom. The molecule has 6 heteroatoms. The lowest BCUT2D eigenvalue weighted by Gasteiger charge is -2.41. The van der Waals surface area contributed by atoms with E-state index in [-0.39, 0.29) is 29.3 Å². The lowest BCUT2D eigenvalue weighted by molar-refractivity contribution is -0.139. The van der Waals surface area contributed by atoms with Crippen molar-refractivity contribution in [2.24, 2.45) is 5.41 Å². The van der Waals surface area contributed by atoms with Crippen molar-refractivity contribution < 1.29 is 14.3 Å². The molecule has 3 fully saturated rings. The average Bonchev–Trinajstić information content (AvgIpc) is 2.92. The highest BCUT2D eigenvalue weighted by molar-refractivity contribution is 5.86. The van der Waals surface area contributed by atoms with Crippen LogP contribution in [0.4, 0.5) is 15.8 Å². The van der Waals surface area contributed by atoms with Gasteiger partial charge in [0.1, 0.15) is 5.82 Å². The number of aliphatic hydroxyl groups is 1. The van der Waals surface area contributed by atoms with Crippen LogP contribution in [0, 0.1) is 11.2 Å². The van der Waals surface area contributed by atoms with Gasteiger partial charge in [-0.1, -0.05) is 0 Å². The van der Waals surface area contributed by atoms with Crippen LogP contribution >= 0.6 is 0 Å². The number of anilines is 2. The van der Waals surface area contributed by atoms with Crippen molar-refractivity contribution in [1.29, 1.82) is 0 Å². The SMILES string of the molecule is Nc1ccc(N2CCC[C@]3(CCN([C@H]4CC[C@H](O)CC4)C3=O)C2)c(F)c1. The average molecular weight is 361 g/mol. The van der Waals surface area contributed by atoms with E-state index < -0.39 is 0 Å². The first-order chi connectivity index (χ1) is 12.5. The second-order valence-electron chi connectivity index (χ2n) is 8.23. The summed E-state index contributed by atoms with van der Waals surface area (Å²) in [5, 5.41) is 9.73. The summed E-state index contributed by atoms with van der Waals surface area (Å²) < 4.78 is 14.4. The number of rotatable bonds is 2. The molecule has 3 aliphatic rings. The van der Waals surface area contributed by atoms with E-state index in [0.717, 1.165) is 58.0 Å². The molecule has 1 aromatic carbocycles. The number of nitrogens with zero attached hydrogens (tertiary/aromatic N) is 2. The van der Waals surface area contributed by atoms with Gasteiger partial charge in [-0.05, 0) is 63.1 Å². The predicted octanol–water partition coefficient (Wildman–Crippen LogP) is 2.53. The summed E-state index contributed by atoms with van der Waals surface area (Å²) >= 11 is 0. The zero-order valence-corrected chi connectivity index (χ0v) is 15.2. The molecule has 0 radical (unpaired) electrons. The molecule has 142 valence electrons. The van der Waals surface area contributed by atoms with Crippen LogP contribution in [0.1, 0.15) is 44.9 Å². The third-order valence-electron chi connectivity index (χ3n) is 6.54. The van der Waals surface area contributed by atoms with E-state index in [0.29, 0.717) is 17.9 Å². The summed E-state index contributed by atoms with van der Waals surface area (Å²) in [5.74, 6) is -0.0786. The molecule has 0 bridgehead atoms. The predicted molar refractivity (Wildman–Crippen MR) is 99.3 cm³/mol. The van der Waals surface area contributed by atoms with Gasteiger partial charge in [0.2, 0.25) is 5.91 Å². The quantitative estimate of drug-likeness (QED) is 0.794. The summed E-state index contributed by atoms with van der Waals surface area (Å²) in [4.78, 5) is 17.4. The second kappa shape index (κ2) is 6.72. The fourth-order valence-corrected chi connectivity index (χ4v) is 5.06. The standard InChI is InChI=1S/C20H28FN3O2/c21-17-12-14(22)2-7-18(17)23-10-1-8-20(13-23)9-11-24(19(20)26)15-3-5-16(25)6-4-15/h2,7,12,15-16,25H,1,3-6,8-11,13,22H2/t15-,16-,20-/m0/s1. The zero-order valence-electron chi connectivity index (χ0n) is 15.2. The van der Waals surface area contributed by atoms with Crippen LogP contribution in [0.5, 0.6) is 0 Å². The molecule has 1 amide bonds. The Kier molecular flexibility index (Phi) is 4.55. The number of nitrogens with two attached hydrogens (primary N) is 1. The highest BCUT2D eigenvalue weighted by Crippen LogP contribution is 2.43. The second-order valence-corrected chi connectivity index (χ2v) is 8.23. The molecule has 26 heavy (non-hydrogen) atoms. The maximum absolute atomic E-state index is 14.4. The number of halogens is 1. The summed E-state index contributed by atoms with van der Waals surface area (Å²) in [7, 11) is 0. The minimum atomic E-state index is -0.387. The Morgan fingerprint density at radius 3 is 2.65 bits per heavy atom. The molecule has 1 atom stereocenters. The van der Waals surface area contributed by atoms with Crippen molar-refractivity contribution in [2.75, 3.05) is 30.3 Å². The minimum Gasteiger partial charge on any atom is -0.399 e. The Labute approximate surface area is 154 Å². The molecule has 1 saturated carbocycles. The fraction of sp³-hybridized carbons (Fsp3) is 0.650. The van der Waals surface area contributed by atoms with Crippen molar-refractivity contribution in [2.45, 2.75) is 57.1 Å². The van der Waals surface area contributed by atoms with Gasteiger partial charge in [0.05, 0.1) is 17.2 Å². The molecule has 5 nitrogen and oxygen atoms in total. The molecule has 2 heterocycles. The number of nitrogen functional groups attached to an aromatic ring is 1. The summed E-state index contributed by atoms with van der Waals surface area (Å²) in [6.07, 6.45) is 5.75. The van der Waals surface area contributed by atoms with E-state index >= 15 is 0 Å². The van der Waals surface area contributed by atoms with Gasteiger partial charge >= 0.3 is 0 Å². The van der Waals surface area contributed by atoms with E-state index in [1.54, 1.807) is 12.1 Å². The lowest BCUT2D eigenvalue weighted by Crippen LogP contribution is -2.50. The van der Waals surface area contributed by atoms with E-state index in [9.17, 15) is 14.3 Å². The fourth-order valence-electron chi connectivity index (χ4n) is 5.06. The van der Waals surface area contributed by atoms with E-state index in [1.165, 1.54) is 6.07 Å². The van der Waals surface area contributed by atoms with Crippen LogP contribution in [0.3, 0.4) is 0 Å². The van der Waals surface area contributed by atoms with E-state index in [1.807, 2.05) is 4.90 Å².